The van der Waals surface area contributed by atoms with Gasteiger partial charge in [-0.05, 0) is 36.5 Å². The summed E-state index contributed by atoms with van der Waals surface area (Å²) < 4.78 is 36.7. The van der Waals surface area contributed by atoms with Gasteiger partial charge in [-0.3, -0.25) is 4.79 Å². The molecule has 0 saturated heterocycles. The lowest BCUT2D eigenvalue weighted by atomic mass is 9.90. The highest BCUT2D eigenvalue weighted by Crippen LogP contribution is 2.24. The predicted octanol–water partition coefficient (Wildman–Crippen LogP) is 3.23. The number of rotatable bonds is 5. The van der Waals surface area contributed by atoms with Crippen LogP contribution in [-0.2, 0) is 9.05 Å². The van der Waals surface area contributed by atoms with Crippen LogP contribution < -0.4 is 5.32 Å². The van der Waals surface area contributed by atoms with Gasteiger partial charge >= 0.3 is 0 Å². The highest BCUT2D eigenvalue weighted by Gasteiger charge is 2.22. The normalized spacial score (nSPS) is 12.3. The molecule has 0 bridgehead atoms. The van der Waals surface area contributed by atoms with Gasteiger partial charge in [-0.25, -0.2) is 12.8 Å². The van der Waals surface area contributed by atoms with Gasteiger partial charge in [0.2, 0.25) is 0 Å². The van der Waals surface area contributed by atoms with Crippen LogP contribution in [0.25, 0.3) is 0 Å². The van der Waals surface area contributed by atoms with Gasteiger partial charge < -0.3 is 5.32 Å². The number of aryl methyl sites for hydroxylation is 1. The first-order valence-corrected chi connectivity index (χ1v) is 8.82. The summed E-state index contributed by atoms with van der Waals surface area (Å²) in [5.41, 5.74) is -0.294. The number of hydrogen-bond acceptors (Lipinski definition) is 3. The van der Waals surface area contributed by atoms with Gasteiger partial charge in [-0.15, -0.1) is 0 Å². The first-order chi connectivity index (χ1) is 9.48. The molecule has 0 unspecified atom stereocenters. The molecular weight excluding hydrogens is 317 g/mol. The number of benzene rings is 1. The van der Waals surface area contributed by atoms with Crippen molar-refractivity contribution in [2.45, 2.75) is 39.0 Å². The van der Waals surface area contributed by atoms with Crippen molar-refractivity contribution in [1.82, 2.24) is 5.32 Å². The predicted molar refractivity (Wildman–Crippen MR) is 80.6 cm³/mol. The van der Waals surface area contributed by atoms with Gasteiger partial charge in [-0.2, -0.15) is 0 Å². The van der Waals surface area contributed by atoms with Crippen LogP contribution in [0.4, 0.5) is 4.39 Å². The van der Waals surface area contributed by atoms with Crippen molar-refractivity contribution < 1.29 is 17.6 Å². The number of hydrogen-bond donors (Lipinski definition) is 1. The van der Waals surface area contributed by atoms with E-state index in [4.69, 9.17) is 10.7 Å². The summed E-state index contributed by atoms with van der Waals surface area (Å²) >= 11 is 0. The van der Waals surface area contributed by atoms with E-state index in [0.717, 1.165) is 18.6 Å². The zero-order valence-electron chi connectivity index (χ0n) is 12.5. The van der Waals surface area contributed by atoms with Crippen molar-refractivity contribution >= 4 is 25.6 Å². The largest absolute Gasteiger partial charge is 0.351 e. The minimum atomic E-state index is -4.03. The van der Waals surface area contributed by atoms with Gasteiger partial charge in [-0.1, -0.05) is 20.8 Å². The fourth-order valence-electron chi connectivity index (χ4n) is 1.63. The van der Waals surface area contributed by atoms with Crippen LogP contribution in [0.5, 0.6) is 0 Å². The standard InChI is InChI=1S/C14H19ClFNO3S/c1-5-14(3,4)8-17-13(18)10-7-12(21(15,19)20)9(2)6-11(10)16/h6-7H,5,8H2,1-4H3,(H,17,18). The van der Waals surface area contributed by atoms with Crippen LogP contribution >= 0.6 is 10.7 Å². The van der Waals surface area contributed by atoms with Crippen LogP contribution in [0.2, 0.25) is 0 Å². The molecule has 0 aliphatic heterocycles. The molecule has 7 heteroatoms. The number of carbonyl (C=O) groups excluding carboxylic acids is 1. The zero-order chi connectivity index (χ0) is 16.4. The maximum Gasteiger partial charge on any atom is 0.261 e. The summed E-state index contributed by atoms with van der Waals surface area (Å²) in [5, 5.41) is 2.61. The Kier molecular flexibility index (Phi) is 5.39. The Morgan fingerprint density at radius 3 is 2.43 bits per heavy atom. The minimum Gasteiger partial charge on any atom is -0.351 e. The van der Waals surface area contributed by atoms with E-state index < -0.39 is 20.8 Å². The monoisotopic (exact) mass is 335 g/mol. The number of nitrogens with one attached hydrogen (secondary N) is 1. The molecule has 1 aromatic rings. The Labute approximate surface area is 129 Å². The average Bonchev–Trinajstić information content (AvgIpc) is 2.34. The quantitative estimate of drug-likeness (QED) is 0.840. The molecular formula is C14H19ClFNO3S. The Balaban J connectivity index is 3.11. The molecule has 0 aliphatic carbocycles. The Morgan fingerprint density at radius 1 is 1.38 bits per heavy atom. The molecule has 118 valence electrons. The summed E-state index contributed by atoms with van der Waals surface area (Å²) in [6.45, 7) is 7.69. The van der Waals surface area contributed by atoms with E-state index in [9.17, 15) is 17.6 Å². The third-order valence-electron chi connectivity index (χ3n) is 3.46. The van der Waals surface area contributed by atoms with Crippen LogP contribution in [0.1, 0.15) is 43.1 Å². The van der Waals surface area contributed by atoms with Gasteiger partial charge in [0.1, 0.15) is 5.82 Å². The molecule has 1 rings (SSSR count). The van der Waals surface area contributed by atoms with Gasteiger partial charge in [0.15, 0.2) is 0 Å². The first-order valence-electron chi connectivity index (χ1n) is 6.51. The molecule has 0 heterocycles. The molecule has 4 nitrogen and oxygen atoms in total. The van der Waals surface area contributed by atoms with Crippen LogP contribution in [-0.4, -0.2) is 20.9 Å². The lowest BCUT2D eigenvalue weighted by molar-refractivity contribution is 0.0931. The van der Waals surface area contributed by atoms with Crippen molar-refractivity contribution in [2.24, 2.45) is 5.41 Å². The maximum atomic E-state index is 13.9. The zero-order valence-corrected chi connectivity index (χ0v) is 14.0. The molecule has 0 radical (unpaired) electrons. The summed E-state index contributed by atoms with van der Waals surface area (Å²) in [6, 6.07) is 1.97. The van der Waals surface area contributed by atoms with E-state index in [-0.39, 0.29) is 21.4 Å². The topological polar surface area (TPSA) is 63.2 Å². The molecule has 1 amide bonds. The van der Waals surface area contributed by atoms with Crippen molar-refractivity contribution in [3.8, 4) is 0 Å². The van der Waals surface area contributed by atoms with E-state index in [1.54, 1.807) is 0 Å². The fourth-order valence-corrected chi connectivity index (χ4v) is 2.83. The van der Waals surface area contributed by atoms with Crippen molar-refractivity contribution in [1.29, 1.82) is 0 Å². The Hall–Kier alpha value is -1.14. The van der Waals surface area contributed by atoms with Gasteiger partial charge in [0, 0.05) is 17.2 Å². The van der Waals surface area contributed by atoms with E-state index in [0.29, 0.717) is 6.54 Å². The molecule has 0 aromatic heterocycles. The van der Waals surface area contributed by atoms with E-state index >= 15 is 0 Å². The van der Waals surface area contributed by atoms with Crippen molar-refractivity contribution in [2.75, 3.05) is 6.54 Å². The summed E-state index contributed by atoms with van der Waals surface area (Å²) in [4.78, 5) is 11.8. The van der Waals surface area contributed by atoms with E-state index in [1.165, 1.54) is 6.92 Å². The average molecular weight is 336 g/mol. The second kappa shape index (κ2) is 6.32. The molecule has 0 fully saturated rings. The molecule has 0 saturated carbocycles. The smallest absolute Gasteiger partial charge is 0.261 e. The maximum absolute atomic E-state index is 13.9. The van der Waals surface area contributed by atoms with Crippen LogP contribution in [0.3, 0.4) is 0 Å². The van der Waals surface area contributed by atoms with E-state index in [2.05, 4.69) is 5.32 Å². The summed E-state index contributed by atoms with van der Waals surface area (Å²) in [5.74, 6) is -1.43. The molecule has 1 N–H and O–H groups in total. The number of halogens is 2. The molecule has 1 aromatic carbocycles. The minimum absolute atomic E-state index is 0.127. The molecule has 0 spiro atoms. The summed E-state index contributed by atoms with van der Waals surface area (Å²) in [7, 11) is 1.25. The lowest BCUT2D eigenvalue weighted by Crippen LogP contribution is -2.34. The molecule has 0 atom stereocenters. The van der Waals surface area contributed by atoms with Crippen molar-refractivity contribution in [3.63, 3.8) is 0 Å². The first kappa shape index (κ1) is 17.9. The highest BCUT2D eigenvalue weighted by atomic mass is 35.7. The second-order valence-corrected chi connectivity index (χ2v) is 8.27. The fraction of sp³-hybridized carbons (Fsp3) is 0.500. The third-order valence-corrected chi connectivity index (χ3v) is 4.92. The van der Waals surface area contributed by atoms with Crippen LogP contribution in [0.15, 0.2) is 17.0 Å². The van der Waals surface area contributed by atoms with Gasteiger partial charge in [0.25, 0.3) is 15.0 Å². The molecule has 0 aliphatic rings. The van der Waals surface area contributed by atoms with Crippen LogP contribution in [0, 0.1) is 18.2 Å². The Morgan fingerprint density at radius 2 is 1.95 bits per heavy atom. The summed E-state index contributed by atoms with van der Waals surface area (Å²) in [6.07, 6.45) is 0.838. The second-order valence-electron chi connectivity index (χ2n) is 5.74. The van der Waals surface area contributed by atoms with Crippen molar-refractivity contribution in [3.05, 3.63) is 29.1 Å². The van der Waals surface area contributed by atoms with E-state index in [1.807, 2.05) is 20.8 Å². The lowest BCUT2D eigenvalue weighted by Gasteiger charge is -2.23. The SMILES string of the molecule is CCC(C)(C)CNC(=O)c1cc(S(=O)(=O)Cl)c(C)cc1F. The third kappa shape index (κ3) is 4.68. The van der Waals surface area contributed by atoms with Gasteiger partial charge in [0.05, 0.1) is 10.5 Å². The number of carbonyl (C=O) groups is 1. The Bertz CT molecular complexity index is 656. The highest BCUT2D eigenvalue weighted by molar-refractivity contribution is 8.13. The number of amides is 1. The molecule has 21 heavy (non-hydrogen) atoms.